The minimum absolute atomic E-state index is 0.0410. The minimum atomic E-state index is -3.73. The number of benzene rings is 2. The van der Waals surface area contributed by atoms with Gasteiger partial charge in [0.1, 0.15) is 4.90 Å². The van der Waals surface area contributed by atoms with Gasteiger partial charge in [-0.2, -0.15) is 0 Å². The van der Waals surface area contributed by atoms with Crippen LogP contribution in [0.3, 0.4) is 0 Å². The Morgan fingerprint density at radius 2 is 1.53 bits per heavy atom. The summed E-state index contributed by atoms with van der Waals surface area (Å²) in [4.78, 5) is 0.0410. The van der Waals surface area contributed by atoms with E-state index in [1.54, 1.807) is 30.3 Å². The summed E-state index contributed by atoms with van der Waals surface area (Å²) < 4.78 is 28.4. The van der Waals surface area contributed by atoms with Crippen molar-refractivity contribution in [1.82, 2.24) is 0 Å². The van der Waals surface area contributed by atoms with Crippen LogP contribution >= 0.6 is 43.5 Å². The molecule has 2 aromatic rings. The van der Waals surface area contributed by atoms with E-state index in [9.17, 15) is 8.42 Å². The number of halogens is 3. The summed E-state index contributed by atoms with van der Waals surface area (Å²) in [6.45, 7) is 0. The summed E-state index contributed by atoms with van der Waals surface area (Å²) in [6.07, 6.45) is 0. The van der Waals surface area contributed by atoms with Gasteiger partial charge in [-0.1, -0.05) is 29.8 Å². The molecular formula is C12H8Br2ClNO2S. The molecule has 0 aliphatic heterocycles. The van der Waals surface area contributed by atoms with Gasteiger partial charge in [0.25, 0.3) is 10.0 Å². The third kappa shape index (κ3) is 3.31. The van der Waals surface area contributed by atoms with Gasteiger partial charge in [0, 0.05) is 8.95 Å². The predicted octanol–water partition coefficient (Wildman–Crippen LogP) is 4.67. The fourth-order valence-corrected chi connectivity index (χ4v) is 4.53. The number of para-hydroxylation sites is 1. The normalized spacial score (nSPS) is 11.3. The lowest BCUT2D eigenvalue weighted by atomic mass is 10.3. The Morgan fingerprint density at radius 1 is 0.947 bits per heavy atom. The molecule has 0 radical (unpaired) electrons. The number of rotatable bonds is 3. The lowest BCUT2D eigenvalue weighted by Crippen LogP contribution is -2.14. The Kier molecular flexibility index (Phi) is 4.55. The maximum absolute atomic E-state index is 12.3. The van der Waals surface area contributed by atoms with Crippen molar-refractivity contribution in [2.24, 2.45) is 0 Å². The van der Waals surface area contributed by atoms with Crippen molar-refractivity contribution in [3.8, 4) is 0 Å². The molecule has 0 aromatic heterocycles. The van der Waals surface area contributed by atoms with Gasteiger partial charge in [-0.05, 0) is 56.1 Å². The predicted molar refractivity (Wildman–Crippen MR) is 84.1 cm³/mol. The number of hydrogen-bond acceptors (Lipinski definition) is 2. The van der Waals surface area contributed by atoms with E-state index in [-0.39, 0.29) is 9.92 Å². The molecule has 19 heavy (non-hydrogen) atoms. The van der Waals surface area contributed by atoms with Gasteiger partial charge in [-0.3, -0.25) is 4.72 Å². The number of hydrogen-bond donors (Lipinski definition) is 1. The molecule has 0 spiro atoms. The summed E-state index contributed by atoms with van der Waals surface area (Å²) in [5, 5.41) is 0.179. The maximum Gasteiger partial charge on any atom is 0.263 e. The van der Waals surface area contributed by atoms with Crippen LogP contribution in [0.1, 0.15) is 0 Å². The molecule has 100 valence electrons. The summed E-state index contributed by atoms with van der Waals surface area (Å²) in [6, 6.07) is 11.6. The monoisotopic (exact) mass is 423 g/mol. The maximum atomic E-state index is 12.3. The molecule has 0 fully saturated rings. The van der Waals surface area contributed by atoms with E-state index in [4.69, 9.17) is 11.6 Å². The Balaban J connectivity index is 2.46. The van der Waals surface area contributed by atoms with Crippen molar-refractivity contribution in [2.45, 2.75) is 4.90 Å². The third-order valence-electron chi connectivity index (χ3n) is 2.33. The van der Waals surface area contributed by atoms with E-state index in [1.807, 2.05) is 0 Å². The zero-order valence-corrected chi connectivity index (χ0v) is 14.1. The zero-order valence-electron chi connectivity index (χ0n) is 9.40. The Hall–Kier alpha value is -0.560. The van der Waals surface area contributed by atoms with Crippen molar-refractivity contribution in [1.29, 1.82) is 0 Å². The largest absolute Gasteiger partial charge is 0.277 e. The van der Waals surface area contributed by atoms with Crippen molar-refractivity contribution in [2.75, 3.05) is 4.72 Å². The number of sulfonamides is 1. The third-order valence-corrected chi connectivity index (χ3v) is 5.50. The molecule has 0 saturated carbocycles. The van der Waals surface area contributed by atoms with E-state index in [1.165, 1.54) is 12.1 Å². The zero-order chi connectivity index (χ0) is 14.0. The van der Waals surface area contributed by atoms with Crippen LogP contribution < -0.4 is 4.72 Å². The molecule has 0 atom stereocenters. The van der Waals surface area contributed by atoms with E-state index in [2.05, 4.69) is 36.6 Å². The van der Waals surface area contributed by atoms with Crippen LogP contribution in [0.4, 0.5) is 5.69 Å². The molecule has 0 bridgehead atoms. The molecule has 0 amide bonds. The van der Waals surface area contributed by atoms with Crippen LogP contribution in [0.2, 0.25) is 5.02 Å². The SMILES string of the molecule is O=S(=O)(Nc1c(Br)cccc1Br)c1ccccc1Cl. The second-order valence-electron chi connectivity index (χ2n) is 3.63. The van der Waals surface area contributed by atoms with Crippen molar-refractivity contribution >= 4 is 59.2 Å². The van der Waals surface area contributed by atoms with E-state index < -0.39 is 10.0 Å². The Bertz CT molecular complexity index is 699. The van der Waals surface area contributed by atoms with Gasteiger partial charge in [-0.25, -0.2) is 8.42 Å². The van der Waals surface area contributed by atoms with Gasteiger partial charge >= 0.3 is 0 Å². The average molecular weight is 426 g/mol. The molecule has 1 N–H and O–H groups in total. The molecule has 0 unspecified atom stereocenters. The Labute approximate surface area is 133 Å². The first-order valence-corrected chi connectivity index (χ1v) is 8.58. The molecule has 2 aromatic carbocycles. The minimum Gasteiger partial charge on any atom is -0.277 e. The smallest absolute Gasteiger partial charge is 0.263 e. The lowest BCUT2D eigenvalue weighted by molar-refractivity contribution is 0.601. The summed E-state index contributed by atoms with van der Waals surface area (Å²) in [5.74, 6) is 0. The van der Waals surface area contributed by atoms with Gasteiger partial charge in [0.05, 0.1) is 10.7 Å². The van der Waals surface area contributed by atoms with E-state index in [0.29, 0.717) is 14.6 Å². The average Bonchev–Trinajstić information content (AvgIpc) is 2.34. The lowest BCUT2D eigenvalue weighted by Gasteiger charge is -2.12. The van der Waals surface area contributed by atoms with Gasteiger partial charge in [0.2, 0.25) is 0 Å². The van der Waals surface area contributed by atoms with Crippen molar-refractivity contribution < 1.29 is 8.42 Å². The highest BCUT2D eigenvalue weighted by atomic mass is 79.9. The fraction of sp³-hybridized carbons (Fsp3) is 0. The molecule has 0 aliphatic rings. The van der Waals surface area contributed by atoms with Crippen LogP contribution in [0.5, 0.6) is 0 Å². The van der Waals surface area contributed by atoms with Crippen molar-refractivity contribution in [3.05, 3.63) is 56.4 Å². The highest BCUT2D eigenvalue weighted by molar-refractivity contribution is 9.11. The molecule has 0 heterocycles. The molecule has 0 saturated heterocycles. The first-order chi connectivity index (χ1) is 8.92. The summed E-state index contributed by atoms with van der Waals surface area (Å²) in [5.41, 5.74) is 0.433. The molecule has 7 heteroatoms. The van der Waals surface area contributed by atoms with Gasteiger partial charge < -0.3 is 0 Å². The number of anilines is 1. The van der Waals surface area contributed by atoms with Crippen LogP contribution in [-0.4, -0.2) is 8.42 Å². The standard InChI is InChI=1S/C12H8Br2ClNO2S/c13-8-4-3-5-9(14)12(8)16-19(17,18)11-7-2-1-6-10(11)15/h1-7,16H. The molecule has 3 nitrogen and oxygen atoms in total. The number of nitrogens with one attached hydrogen (secondary N) is 1. The fourth-order valence-electron chi connectivity index (χ4n) is 1.45. The quantitative estimate of drug-likeness (QED) is 0.777. The molecule has 2 rings (SSSR count). The van der Waals surface area contributed by atoms with Gasteiger partial charge in [-0.15, -0.1) is 0 Å². The molecular weight excluding hydrogens is 417 g/mol. The Morgan fingerprint density at radius 3 is 2.11 bits per heavy atom. The van der Waals surface area contributed by atoms with E-state index in [0.717, 1.165) is 0 Å². The van der Waals surface area contributed by atoms with Crippen LogP contribution in [0.25, 0.3) is 0 Å². The van der Waals surface area contributed by atoms with Crippen LogP contribution in [0.15, 0.2) is 56.3 Å². The van der Waals surface area contributed by atoms with Gasteiger partial charge in [0.15, 0.2) is 0 Å². The second kappa shape index (κ2) is 5.83. The topological polar surface area (TPSA) is 46.2 Å². The molecule has 0 aliphatic carbocycles. The van der Waals surface area contributed by atoms with Crippen LogP contribution in [0, 0.1) is 0 Å². The highest BCUT2D eigenvalue weighted by Gasteiger charge is 2.19. The van der Waals surface area contributed by atoms with E-state index >= 15 is 0 Å². The summed E-state index contributed by atoms with van der Waals surface area (Å²) in [7, 11) is -3.73. The van der Waals surface area contributed by atoms with Crippen molar-refractivity contribution in [3.63, 3.8) is 0 Å². The summed E-state index contributed by atoms with van der Waals surface area (Å²) >= 11 is 12.5. The highest BCUT2D eigenvalue weighted by Crippen LogP contribution is 2.33. The second-order valence-corrected chi connectivity index (χ2v) is 7.40. The first-order valence-electron chi connectivity index (χ1n) is 5.13. The van der Waals surface area contributed by atoms with Crippen LogP contribution in [-0.2, 0) is 10.0 Å². The first kappa shape index (κ1) is 14.8.